The Labute approximate surface area is 117 Å². The second kappa shape index (κ2) is 7.47. The number of hydrazone groups is 1. The number of rotatable bonds is 4. The van der Waals surface area contributed by atoms with Crippen molar-refractivity contribution in [3.63, 3.8) is 0 Å². The van der Waals surface area contributed by atoms with Crippen LogP contribution in [0.2, 0.25) is 0 Å². The zero-order valence-electron chi connectivity index (χ0n) is 11.3. The first kappa shape index (κ1) is 14.3. The molecule has 2 amide bonds. The highest BCUT2D eigenvalue weighted by Gasteiger charge is 2.14. The van der Waals surface area contributed by atoms with Crippen molar-refractivity contribution in [2.75, 3.05) is 0 Å². The van der Waals surface area contributed by atoms with Gasteiger partial charge in [0.2, 0.25) is 0 Å². The van der Waals surface area contributed by atoms with Crippen LogP contribution in [-0.2, 0) is 16.1 Å². The summed E-state index contributed by atoms with van der Waals surface area (Å²) in [6.07, 6.45) is 9.12. The molecule has 20 heavy (non-hydrogen) atoms. The van der Waals surface area contributed by atoms with Crippen LogP contribution in [-0.4, -0.2) is 18.0 Å². The minimum atomic E-state index is -0.761. The van der Waals surface area contributed by atoms with Gasteiger partial charge in [0.15, 0.2) is 0 Å². The van der Waals surface area contributed by atoms with Gasteiger partial charge in [-0.25, -0.2) is 5.43 Å². The van der Waals surface area contributed by atoms with E-state index in [0.717, 1.165) is 12.8 Å². The van der Waals surface area contributed by atoms with Gasteiger partial charge in [0.1, 0.15) is 5.76 Å². The van der Waals surface area contributed by atoms with Gasteiger partial charge in [0.25, 0.3) is 0 Å². The Morgan fingerprint density at radius 3 is 2.80 bits per heavy atom. The summed E-state index contributed by atoms with van der Waals surface area (Å²) in [5, 5.41) is 6.31. The monoisotopic (exact) mass is 277 g/mol. The smallest absolute Gasteiger partial charge is 0.329 e. The third kappa shape index (κ3) is 4.53. The van der Waals surface area contributed by atoms with E-state index in [9.17, 15) is 9.59 Å². The van der Waals surface area contributed by atoms with Crippen molar-refractivity contribution in [1.29, 1.82) is 0 Å². The molecule has 0 aliphatic heterocycles. The van der Waals surface area contributed by atoms with Crippen LogP contribution >= 0.6 is 0 Å². The second-order valence-corrected chi connectivity index (χ2v) is 4.88. The molecule has 1 fully saturated rings. The predicted molar refractivity (Wildman–Crippen MR) is 73.8 cm³/mol. The van der Waals surface area contributed by atoms with E-state index < -0.39 is 11.8 Å². The lowest BCUT2D eigenvalue weighted by Crippen LogP contribution is -2.37. The zero-order valence-corrected chi connectivity index (χ0v) is 11.3. The maximum atomic E-state index is 11.5. The standard InChI is InChI=1S/C14H19N3O3/c18-13(15-10-12-7-4-8-20-12)14(19)17-16-9-11-5-2-1-3-6-11/h4,7-9,11H,1-3,5-6,10H2,(H,15,18)(H,17,19). The number of amides is 2. The van der Waals surface area contributed by atoms with Gasteiger partial charge in [0.05, 0.1) is 12.8 Å². The Morgan fingerprint density at radius 1 is 1.30 bits per heavy atom. The first-order chi connectivity index (χ1) is 9.75. The summed E-state index contributed by atoms with van der Waals surface area (Å²) in [7, 11) is 0. The van der Waals surface area contributed by atoms with Crippen LogP contribution in [0.5, 0.6) is 0 Å². The van der Waals surface area contributed by atoms with Crippen LogP contribution in [0.15, 0.2) is 27.9 Å². The lowest BCUT2D eigenvalue weighted by molar-refractivity contribution is -0.139. The van der Waals surface area contributed by atoms with Gasteiger partial charge in [-0.3, -0.25) is 9.59 Å². The summed E-state index contributed by atoms with van der Waals surface area (Å²) in [5.41, 5.74) is 2.25. The quantitative estimate of drug-likeness (QED) is 0.498. The molecule has 1 saturated carbocycles. The minimum Gasteiger partial charge on any atom is -0.467 e. The molecule has 0 atom stereocenters. The second-order valence-electron chi connectivity index (χ2n) is 4.88. The number of carbonyl (C=O) groups excluding carboxylic acids is 2. The van der Waals surface area contributed by atoms with Crippen LogP contribution in [0.4, 0.5) is 0 Å². The van der Waals surface area contributed by atoms with Crippen molar-refractivity contribution >= 4 is 18.0 Å². The average Bonchev–Trinajstić information content (AvgIpc) is 2.99. The molecule has 6 heteroatoms. The number of hydrogen-bond acceptors (Lipinski definition) is 4. The number of furan rings is 1. The summed E-state index contributed by atoms with van der Waals surface area (Å²) in [4.78, 5) is 23.0. The van der Waals surface area contributed by atoms with Gasteiger partial charge in [-0.05, 0) is 30.9 Å². The van der Waals surface area contributed by atoms with E-state index in [4.69, 9.17) is 4.42 Å². The Hall–Kier alpha value is -2.11. The molecule has 6 nitrogen and oxygen atoms in total. The summed E-state index contributed by atoms with van der Waals surface area (Å²) in [6.45, 7) is 0.186. The average molecular weight is 277 g/mol. The Kier molecular flexibility index (Phi) is 5.34. The molecule has 0 radical (unpaired) electrons. The zero-order chi connectivity index (χ0) is 14.2. The minimum absolute atomic E-state index is 0.186. The van der Waals surface area contributed by atoms with Crippen molar-refractivity contribution < 1.29 is 14.0 Å². The molecule has 2 N–H and O–H groups in total. The number of carbonyl (C=O) groups is 2. The van der Waals surface area contributed by atoms with E-state index in [1.54, 1.807) is 18.3 Å². The summed E-state index contributed by atoms with van der Waals surface area (Å²) in [5.74, 6) is -0.474. The maximum Gasteiger partial charge on any atom is 0.329 e. The first-order valence-corrected chi connectivity index (χ1v) is 6.89. The van der Waals surface area contributed by atoms with E-state index in [1.807, 2.05) is 0 Å². The maximum absolute atomic E-state index is 11.5. The van der Waals surface area contributed by atoms with Crippen molar-refractivity contribution in [2.45, 2.75) is 38.6 Å². The number of nitrogens with one attached hydrogen (secondary N) is 2. The Morgan fingerprint density at radius 2 is 2.10 bits per heavy atom. The fraction of sp³-hybridized carbons (Fsp3) is 0.500. The van der Waals surface area contributed by atoms with Gasteiger partial charge >= 0.3 is 11.8 Å². The van der Waals surface area contributed by atoms with E-state index in [0.29, 0.717) is 11.7 Å². The third-order valence-corrected chi connectivity index (χ3v) is 3.31. The van der Waals surface area contributed by atoms with Crippen molar-refractivity contribution in [3.05, 3.63) is 24.2 Å². The topological polar surface area (TPSA) is 83.7 Å². The fourth-order valence-electron chi connectivity index (χ4n) is 2.20. The lowest BCUT2D eigenvalue weighted by atomic mass is 9.90. The van der Waals surface area contributed by atoms with Crippen LogP contribution in [0.3, 0.4) is 0 Å². The molecule has 1 aromatic heterocycles. The number of hydrogen-bond donors (Lipinski definition) is 2. The molecule has 108 valence electrons. The van der Waals surface area contributed by atoms with Gasteiger partial charge in [0, 0.05) is 6.21 Å². The molecule has 1 aliphatic rings. The highest BCUT2D eigenvalue weighted by molar-refractivity contribution is 6.35. The molecule has 0 saturated heterocycles. The molecule has 1 aromatic rings. The van der Waals surface area contributed by atoms with E-state index in [1.165, 1.54) is 25.5 Å². The normalized spacial score (nSPS) is 16.2. The SMILES string of the molecule is O=C(NCc1ccco1)C(=O)NN=CC1CCCCC1. The summed E-state index contributed by atoms with van der Waals surface area (Å²) < 4.78 is 5.05. The molecular weight excluding hydrogens is 258 g/mol. The summed E-state index contributed by atoms with van der Waals surface area (Å²) >= 11 is 0. The molecule has 0 bridgehead atoms. The van der Waals surface area contributed by atoms with Crippen LogP contribution < -0.4 is 10.7 Å². The fourth-order valence-corrected chi connectivity index (χ4v) is 2.20. The molecule has 0 aromatic carbocycles. The van der Waals surface area contributed by atoms with Gasteiger partial charge in [-0.15, -0.1) is 0 Å². The Bertz CT molecular complexity index is 462. The number of nitrogens with zero attached hydrogens (tertiary/aromatic N) is 1. The van der Waals surface area contributed by atoms with Crippen molar-refractivity contribution in [2.24, 2.45) is 11.0 Å². The lowest BCUT2D eigenvalue weighted by Gasteiger charge is -2.16. The van der Waals surface area contributed by atoms with Crippen molar-refractivity contribution in [1.82, 2.24) is 10.7 Å². The Balaban J connectivity index is 1.68. The van der Waals surface area contributed by atoms with Crippen LogP contribution in [0.1, 0.15) is 37.9 Å². The van der Waals surface area contributed by atoms with Crippen LogP contribution in [0, 0.1) is 5.92 Å². The van der Waals surface area contributed by atoms with E-state index in [2.05, 4.69) is 15.8 Å². The molecule has 1 aliphatic carbocycles. The molecule has 2 rings (SSSR count). The first-order valence-electron chi connectivity index (χ1n) is 6.89. The third-order valence-electron chi connectivity index (χ3n) is 3.31. The van der Waals surface area contributed by atoms with Gasteiger partial charge in [-0.1, -0.05) is 19.3 Å². The molecule has 0 spiro atoms. The molecule has 1 heterocycles. The van der Waals surface area contributed by atoms with Crippen LogP contribution in [0.25, 0.3) is 0 Å². The highest BCUT2D eigenvalue weighted by atomic mass is 16.3. The van der Waals surface area contributed by atoms with E-state index >= 15 is 0 Å². The molecular formula is C14H19N3O3. The summed E-state index contributed by atoms with van der Waals surface area (Å²) in [6, 6.07) is 3.44. The molecule has 0 unspecified atom stereocenters. The highest BCUT2D eigenvalue weighted by Crippen LogP contribution is 2.21. The van der Waals surface area contributed by atoms with Gasteiger partial charge < -0.3 is 9.73 Å². The largest absolute Gasteiger partial charge is 0.467 e. The van der Waals surface area contributed by atoms with Crippen molar-refractivity contribution in [3.8, 4) is 0 Å². The predicted octanol–water partition coefficient (Wildman–Crippen LogP) is 1.58. The van der Waals surface area contributed by atoms with E-state index in [-0.39, 0.29) is 6.54 Å². The van der Waals surface area contributed by atoms with Gasteiger partial charge in [-0.2, -0.15) is 5.10 Å².